The molecule has 0 aromatic heterocycles. The fraction of sp³-hybridized carbons (Fsp3) is 0.463. The first-order chi connectivity index (χ1) is 34.7. The van der Waals surface area contributed by atoms with Crippen LogP contribution in [0.3, 0.4) is 0 Å². The zero-order valence-electron chi connectivity index (χ0n) is 48.3. The zero-order valence-corrected chi connectivity index (χ0v) is 52.1. The Labute approximate surface area is 475 Å². The zero-order chi connectivity index (χ0) is 56.0. The third-order valence-electron chi connectivity index (χ3n) is 12.9. The van der Waals surface area contributed by atoms with Crippen LogP contribution in [0.5, 0.6) is 0 Å². The second kappa shape index (κ2) is 33.6. The van der Waals surface area contributed by atoms with Crippen molar-refractivity contribution in [3.8, 4) is 0 Å². The normalized spacial score (nSPS) is 12.1. The molecule has 0 spiro atoms. The van der Waals surface area contributed by atoms with Crippen molar-refractivity contribution in [2.24, 2.45) is 0 Å². The monoisotopic (exact) mass is 1100 g/mol. The molecule has 1 nitrogen and oxygen atoms in total. The lowest BCUT2D eigenvalue weighted by Crippen LogP contribution is -2.19. The summed E-state index contributed by atoms with van der Waals surface area (Å²) < 4.78 is 12.7. The minimum atomic E-state index is -0.263. The van der Waals surface area contributed by atoms with Crippen LogP contribution in [-0.4, -0.2) is 13.1 Å². The average molecular weight is 1110 g/mol. The smallest absolute Gasteiger partial charge is 0.124 e. The van der Waals surface area contributed by atoms with E-state index in [2.05, 4.69) is 182 Å². The Morgan fingerprint density at radius 2 is 0.676 bits per heavy atom. The van der Waals surface area contributed by atoms with Crippen molar-refractivity contribution in [3.05, 3.63) is 202 Å². The molecule has 0 radical (unpaired) electrons. The van der Waals surface area contributed by atoms with Crippen molar-refractivity contribution >= 4 is 63.7 Å². The van der Waals surface area contributed by atoms with Crippen LogP contribution in [0.2, 0.25) is 25.1 Å². The predicted molar refractivity (Wildman–Crippen MR) is 332 cm³/mol. The molecular weight excluding hydrogens is 1020 g/mol. The lowest BCUT2D eigenvalue weighted by Gasteiger charge is -2.22. The minimum absolute atomic E-state index is 0.263. The van der Waals surface area contributed by atoms with Gasteiger partial charge in [0, 0.05) is 43.9 Å². The molecule has 0 bridgehead atoms. The first kappa shape index (κ1) is 66.6. The maximum absolute atomic E-state index is 12.7. The Balaban J connectivity index is 0.000000305. The van der Waals surface area contributed by atoms with Crippen LogP contribution in [0.1, 0.15) is 241 Å². The molecule has 6 aromatic rings. The maximum atomic E-state index is 12.7. The number of nitrogens with zero attached hydrogens (tertiary/aromatic N) is 1. The Morgan fingerprint density at radius 3 is 1.03 bits per heavy atom. The van der Waals surface area contributed by atoms with Gasteiger partial charge >= 0.3 is 0 Å². The molecule has 74 heavy (non-hydrogen) atoms. The molecule has 0 amide bonds. The van der Waals surface area contributed by atoms with Gasteiger partial charge in [-0.25, -0.2) is 4.39 Å². The highest BCUT2D eigenvalue weighted by molar-refractivity contribution is 6.36. The van der Waals surface area contributed by atoms with E-state index >= 15 is 0 Å². The molecule has 0 aliphatic carbocycles. The SMILES string of the molecule is CC(C)c1c(Cl)cccc1Cl.CC(C)c1cc(Cl)cc(Cl)c1.CC(C)c1cc(F)cc(Cl)c1.CC(C)c1cccc(C(C)C)c1C(C)C.CC(C)c1ccccc1C(C)C.CC(C)c1ccccc1N1CCCC1. The summed E-state index contributed by atoms with van der Waals surface area (Å²) in [4.78, 5) is 2.52. The fourth-order valence-electron chi connectivity index (χ4n) is 8.94. The standard InChI is InChI=1S/C15H24.C13H19N.C12H18.2C9H10Cl2.C9H10ClF/c1-10(2)13-8-7-9-14(11(3)4)15(13)12(5)6;1-11(2)12-7-3-4-8-13(12)14-9-5-6-10-14;1-9(2)11-7-5-6-8-12(11)10(3)4;1-6(2)7-3-8(10)5-9(11)4-7;1-6(2)9-7(10)4-3-5-8(9)11;1-6(2)7-3-8(10)5-9(11)4-7/h7-12H,1-6H3;3-4,7-8,11H,5-6,9-10H2,1-2H3;5-10H,1-4H3;3*3-6H,1-2H3. The van der Waals surface area contributed by atoms with E-state index in [-0.39, 0.29) is 5.82 Å². The summed E-state index contributed by atoms with van der Waals surface area (Å²) in [6.07, 6.45) is 2.71. The third-order valence-corrected chi connectivity index (χ3v) is 14.2. The van der Waals surface area contributed by atoms with Gasteiger partial charge in [-0.3, -0.25) is 0 Å². The van der Waals surface area contributed by atoms with Crippen molar-refractivity contribution in [2.75, 3.05) is 18.0 Å². The second-order valence-electron chi connectivity index (χ2n) is 22.2. The minimum Gasteiger partial charge on any atom is -0.371 e. The summed E-state index contributed by atoms with van der Waals surface area (Å²) >= 11 is 29.2. The third kappa shape index (κ3) is 22.6. The molecule has 406 valence electrons. The van der Waals surface area contributed by atoms with Gasteiger partial charge in [0.15, 0.2) is 0 Å². The largest absolute Gasteiger partial charge is 0.371 e. The van der Waals surface area contributed by atoms with Crippen molar-refractivity contribution < 1.29 is 4.39 Å². The number of para-hydroxylation sites is 1. The summed E-state index contributed by atoms with van der Waals surface area (Å²) in [6.45, 7) is 42.1. The summed E-state index contributed by atoms with van der Waals surface area (Å²) in [5.74, 6) is 4.72. The van der Waals surface area contributed by atoms with Crippen LogP contribution < -0.4 is 4.90 Å². The van der Waals surface area contributed by atoms with E-state index in [0.717, 1.165) is 21.2 Å². The highest BCUT2D eigenvalue weighted by Gasteiger charge is 2.17. The maximum Gasteiger partial charge on any atom is 0.124 e. The van der Waals surface area contributed by atoms with Gasteiger partial charge in [0.05, 0.1) is 0 Å². The van der Waals surface area contributed by atoms with Crippen LogP contribution >= 0.6 is 58.0 Å². The quantitative estimate of drug-likeness (QED) is 0.132. The number of hydrogen-bond donors (Lipinski definition) is 0. The highest BCUT2D eigenvalue weighted by Crippen LogP contribution is 2.34. The molecule has 0 atom stereocenters. The van der Waals surface area contributed by atoms with Gasteiger partial charge in [0.25, 0.3) is 0 Å². The van der Waals surface area contributed by atoms with Crippen LogP contribution in [0, 0.1) is 5.82 Å². The molecule has 7 heteroatoms. The van der Waals surface area contributed by atoms with Crippen LogP contribution in [-0.2, 0) is 0 Å². The summed E-state index contributed by atoms with van der Waals surface area (Å²) in [5, 5.41) is 3.40. The van der Waals surface area contributed by atoms with Crippen molar-refractivity contribution in [3.63, 3.8) is 0 Å². The first-order valence-electron chi connectivity index (χ1n) is 27.1. The van der Waals surface area contributed by atoms with E-state index in [1.165, 1.54) is 77.1 Å². The van der Waals surface area contributed by atoms with Gasteiger partial charge < -0.3 is 4.90 Å². The highest BCUT2D eigenvalue weighted by atomic mass is 35.5. The first-order valence-corrected chi connectivity index (χ1v) is 29.0. The number of rotatable bonds is 10. The molecule has 1 aliphatic heterocycles. The van der Waals surface area contributed by atoms with Gasteiger partial charge in [-0.05, 0) is 171 Å². The number of benzene rings is 6. The number of halogens is 6. The Bertz CT molecular complexity index is 2380. The lowest BCUT2D eigenvalue weighted by molar-refractivity contribution is 0.623. The lowest BCUT2D eigenvalue weighted by atomic mass is 9.83. The molecule has 0 unspecified atom stereocenters. The van der Waals surface area contributed by atoms with Crippen molar-refractivity contribution in [1.82, 2.24) is 0 Å². The summed E-state index contributed by atoms with van der Waals surface area (Å²) in [5.41, 5.74) is 13.7. The van der Waals surface area contributed by atoms with Gasteiger partial charge in [0.1, 0.15) is 5.82 Å². The molecule has 0 N–H and O–H groups in total. The molecule has 1 aliphatic rings. The molecule has 6 aromatic carbocycles. The Morgan fingerprint density at radius 1 is 0.338 bits per heavy atom. The van der Waals surface area contributed by atoms with E-state index in [9.17, 15) is 4.39 Å². The molecule has 7 rings (SSSR count). The van der Waals surface area contributed by atoms with Gasteiger partial charge in [-0.15, -0.1) is 0 Å². The van der Waals surface area contributed by atoms with Crippen LogP contribution in [0.25, 0.3) is 0 Å². The average Bonchev–Trinajstić information content (AvgIpc) is 3.87. The van der Waals surface area contributed by atoms with Crippen molar-refractivity contribution in [1.29, 1.82) is 0 Å². The van der Waals surface area contributed by atoms with Crippen LogP contribution in [0.15, 0.2) is 121 Å². The fourth-order valence-corrected chi connectivity index (χ4v) is 10.5. The van der Waals surface area contributed by atoms with E-state index in [1.807, 2.05) is 44.2 Å². The molecule has 1 fully saturated rings. The predicted octanol–water partition coefficient (Wildman–Crippen LogP) is 24.2. The van der Waals surface area contributed by atoms with E-state index in [1.54, 1.807) is 17.7 Å². The van der Waals surface area contributed by atoms with Gasteiger partial charge in [-0.1, -0.05) is 249 Å². The molecular formula is C67H91Cl5FN. The van der Waals surface area contributed by atoms with Crippen LogP contribution in [0.4, 0.5) is 10.1 Å². The van der Waals surface area contributed by atoms with E-state index < -0.39 is 0 Å². The Hall–Kier alpha value is -3.50. The second-order valence-corrected chi connectivity index (χ2v) is 24.3. The van der Waals surface area contributed by atoms with Gasteiger partial charge in [-0.2, -0.15) is 0 Å². The van der Waals surface area contributed by atoms with Gasteiger partial charge in [0.2, 0.25) is 0 Å². The van der Waals surface area contributed by atoms with E-state index in [0.29, 0.717) is 68.3 Å². The number of hydrogen-bond acceptors (Lipinski definition) is 1. The summed E-state index contributed by atoms with van der Waals surface area (Å²) in [7, 11) is 0. The van der Waals surface area contributed by atoms with Crippen molar-refractivity contribution in [2.45, 2.75) is 191 Å². The number of anilines is 1. The molecule has 0 saturated carbocycles. The summed E-state index contributed by atoms with van der Waals surface area (Å²) in [6, 6.07) is 40.1. The molecule has 1 saturated heterocycles. The topological polar surface area (TPSA) is 3.24 Å². The Kier molecular flexibility index (Phi) is 30.3. The van der Waals surface area contributed by atoms with E-state index in [4.69, 9.17) is 58.0 Å². The molecule has 1 heterocycles.